The van der Waals surface area contributed by atoms with Crippen molar-refractivity contribution in [3.05, 3.63) is 29.6 Å². The van der Waals surface area contributed by atoms with E-state index < -0.39 is 0 Å². The Balaban J connectivity index is 2.21. The highest BCUT2D eigenvalue weighted by Gasteiger charge is 2.18. The molecule has 0 aliphatic carbocycles. The summed E-state index contributed by atoms with van der Waals surface area (Å²) in [6.07, 6.45) is 1.24. The van der Waals surface area contributed by atoms with Gasteiger partial charge in [0.25, 0.3) is 0 Å². The van der Waals surface area contributed by atoms with Gasteiger partial charge in [0.15, 0.2) is 0 Å². The number of hydrogen-bond acceptors (Lipinski definition) is 3. The molecule has 0 bridgehead atoms. The van der Waals surface area contributed by atoms with Gasteiger partial charge in [-0.1, -0.05) is 6.92 Å². The van der Waals surface area contributed by atoms with Gasteiger partial charge in [0.2, 0.25) is 0 Å². The zero-order chi connectivity index (χ0) is 13.7. The van der Waals surface area contributed by atoms with Gasteiger partial charge in [-0.05, 0) is 43.7 Å². The van der Waals surface area contributed by atoms with Gasteiger partial charge in [0.05, 0.1) is 6.10 Å². The zero-order valence-electron chi connectivity index (χ0n) is 11.8. The molecule has 0 radical (unpaired) electrons. The van der Waals surface area contributed by atoms with Crippen molar-refractivity contribution in [1.29, 1.82) is 0 Å². The van der Waals surface area contributed by atoms with Crippen LogP contribution in [0.4, 0.5) is 10.1 Å². The summed E-state index contributed by atoms with van der Waals surface area (Å²) in [4.78, 5) is 2.31. The lowest BCUT2D eigenvalue weighted by Crippen LogP contribution is -2.31. The third-order valence-corrected chi connectivity index (χ3v) is 3.40. The van der Waals surface area contributed by atoms with Crippen LogP contribution in [0.15, 0.2) is 18.2 Å². The van der Waals surface area contributed by atoms with Crippen LogP contribution >= 0.6 is 0 Å². The fourth-order valence-electron chi connectivity index (χ4n) is 2.48. The fraction of sp³-hybridized carbons (Fsp3) is 0.600. The minimum absolute atomic E-state index is 0.171. The van der Waals surface area contributed by atoms with Crippen LogP contribution in [0.3, 0.4) is 0 Å². The Hall–Kier alpha value is -1.13. The Morgan fingerprint density at radius 2 is 2.32 bits per heavy atom. The molecule has 0 saturated carbocycles. The molecule has 1 N–H and O–H groups in total. The summed E-state index contributed by atoms with van der Waals surface area (Å²) < 4.78 is 19.1. The number of benzene rings is 1. The van der Waals surface area contributed by atoms with Crippen LogP contribution in [0.5, 0.6) is 0 Å². The second-order valence-corrected chi connectivity index (χ2v) is 5.03. The van der Waals surface area contributed by atoms with Gasteiger partial charge in [0.1, 0.15) is 5.82 Å². The Morgan fingerprint density at radius 3 is 3.11 bits per heavy atom. The Labute approximate surface area is 114 Å². The number of hydrogen-bond donors (Lipinski definition) is 1. The number of anilines is 1. The summed E-state index contributed by atoms with van der Waals surface area (Å²) in [6.45, 7) is 8.37. The molecule has 0 aromatic heterocycles. The lowest BCUT2D eigenvalue weighted by molar-refractivity contribution is 0.0821. The molecule has 4 heteroatoms. The molecule has 1 aromatic carbocycles. The molecule has 1 unspecified atom stereocenters. The van der Waals surface area contributed by atoms with Crippen molar-refractivity contribution in [3.63, 3.8) is 0 Å². The fourth-order valence-corrected chi connectivity index (χ4v) is 2.48. The van der Waals surface area contributed by atoms with Gasteiger partial charge in [0, 0.05) is 31.9 Å². The number of rotatable bonds is 4. The predicted octanol–water partition coefficient (Wildman–Crippen LogP) is 2.55. The maximum Gasteiger partial charge on any atom is 0.123 e. The van der Waals surface area contributed by atoms with E-state index >= 15 is 0 Å². The molecule has 1 fully saturated rings. The first-order valence-electron chi connectivity index (χ1n) is 7.06. The van der Waals surface area contributed by atoms with E-state index in [1.165, 1.54) is 0 Å². The Bertz CT molecular complexity index is 411. The van der Waals surface area contributed by atoms with E-state index in [2.05, 4.69) is 24.1 Å². The normalized spacial score (nSPS) is 20.4. The molecule has 3 nitrogen and oxygen atoms in total. The topological polar surface area (TPSA) is 24.5 Å². The lowest BCUT2D eigenvalue weighted by Gasteiger charge is -2.27. The van der Waals surface area contributed by atoms with Gasteiger partial charge in [-0.25, -0.2) is 4.39 Å². The van der Waals surface area contributed by atoms with Crippen molar-refractivity contribution in [3.8, 4) is 0 Å². The van der Waals surface area contributed by atoms with Crippen molar-refractivity contribution in [1.82, 2.24) is 5.32 Å². The third-order valence-electron chi connectivity index (χ3n) is 3.40. The van der Waals surface area contributed by atoms with Gasteiger partial charge >= 0.3 is 0 Å². The molecule has 1 aromatic rings. The molecule has 1 aliphatic rings. The average Bonchev–Trinajstić information content (AvgIpc) is 2.61. The van der Waals surface area contributed by atoms with E-state index in [-0.39, 0.29) is 11.9 Å². The molecular weight excluding hydrogens is 243 g/mol. The van der Waals surface area contributed by atoms with E-state index in [9.17, 15) is 4.39 Å². The predicted molar refractivity (Wildman–Crippen MR) is 76.0 cm³/mol. The monoisotopic (exact) mass is 266 g/mol. The molecule has 0 spiro atoms. The van der Waals surface area contributed by atoms with Crippen LogP contribution in [0.1, 0.15) is 25.8 Å². The number of halogens is 1. The molecule has 1 saturated heterocycles. The van der Waals surface area contributed by atoms with Crippen molar-refractivity contribution in [2.75, 3.05) is 31.1 Å². The summed E-state index contributed by atoms with van der Waals surface area (Å²) in [5, 5.41) is 3.27. The van der Waals surface area contributed by atoms with Crippen molar-refractivity contribution < 1.29 is 9.13 Å². The van der Waals surface area contributed by atoms with Crippen LogP contribution in [0.25, 0.3) is 0 Å². The maximum absolute atomic E-state index is 13.4. The highest BCUT2D eigenvalue weighted by molar-refractivity contribution is 5.54. The zero-order valence-corrected chi connectivity index (χ0v) is 11.8. The number of nitrogens with zero attached hydrogens (tertiary/aromatic N) is 1. The molecule has 106 valence electrons. The van der Waals surface area contributed by atoms with Crippen LogP contribution < -0.4 is 10.2 Å². The molecule has 1 heterocycles. The highest BCUT2D eigenvalue weighted by atomic mass is 19.1. The summed E-state index contributed by atoms with van der Waals surface area (Å²) in [5.74, 6) is -0.171. The molecule has 1 aliphatic heterocycles. The maximum atomic E-state index is 13.4. The van der Waals surface area contributed by atoms with Gasteiger partial charge < -0.3 is 15.0 Å². The van der Waals surface area contributed by atoms with Crippen LogP contribution in [0.2, 0.25) is 0 Å². The van der Waals surface area contributed by atoms with Crippen LogP contribution in [-0.2, 0) is 11.3 Å². The largest absolute Gasteiger partial charge is 0.377 e. The minimum Gasteiger partial charge on any atom is -0.377 e. The Morgan fingerprint density at radius 1 is 1.47 bits per heavy atom. The second kappa shape index (κ2) is 6.87. The van der Waals surface area contributed by atoms with E-state index in [0.717, 1.165) is 43.9 Å². The first-order valence-corrected chi connectivity index (χ1v) is 7.06. The van der Waals surface area contributed by atoms with Gasteiger partial charge in [-0.3, -0.25) is 0 Å². The minimum atomic E-state index is -0.171. The summed E-state index contributed by atoms with van der Waals surface area (Å²) in [7, 11) is 0. The molecule has 1 atom stereocenters. The van der Waals surface area contributed by atoms with Crippen molar-refractivity contribution in [2.24, 2.45) is 0 Å². The van der Waals surface area contributed by atoms with Crippen molar-refractivity contribution >= 4 is 5.69 Å². The molecule has 2 rings (SSSR count). The standard InChI is InChI=1S/C15H23FN2O/c1-3-17-10-13-9-14(16)5-6-15(13)18-7-4-8-19-12(2)11-18/h5-6,9,12,17H,3-4,7-8,10-11H2,1-2H3. The van der Waals surface area contributed by atoms with E-state index in [1.54, 1.807) is 12.1 Å². The van der Waals surface area contributed by atoms with Gasteiger partial charge in [-0.2, -0.15) is 0 Å². The summed E-state index contributed by atoms with van der Waals surface area (Å²) in [5.41, 5.74) is 2.15. The average molecular weight is 266 g/mol. The van der Waals surface area contributed by atoms with E-state index in [1.807, 2.05) is 6.07 Å². The Kier molecular flexibility index (Phi) is 5.16. The van der Waals surface area contributed by atoms with Crippen LogP contribution in [-0.4, -0.2) is 32.3 Å². The third kappa shape index (κ3) is 3.91. The molecular formula is C15H23FN2O. The van der Waals surface area contributed by atoms with Crippen LogP contribution in [0, 0.1) is 5.82 Å². The quantitative estimate of drug-likeness (QED) is 0.906. The summed E-state index contributed by atoms with van der Waals surface area (Å²) in [6, 6.07) is 5.07. The SMILES string of the molecule is CCNCc1cc(F)ccc1N1CCCOC(C)C1. The van der Waals surface area contributed by atoms with E-state index in [0.29, 0.717) is 6.54 Å². The number of nitrogens with one attached hydrogen (secondary N) is 1. The second-order valence-electron chi connectivity index (χ2n) is 5.03. The summed E-state index contributed by atoms with van der Waals surface area (Å²) >= 11 is 0. The van der Waals surface area contributed by atoms with Crippen molar-refractivity contribution in [2.45, 2.75) is 32.9 Å². The highest BCUT2D eigenvalue weighted by Crippen LogP contribution is 2.24. The first kappa shape index (κ1) is 14.3. The smallest absolute Gasteiger partial charge is 0.123 e. The van der Waals surface area contributed by atoms with Gasteiger partial charge in [-0.15, -0.1) is 0 Å². The lowest BCUT2D eigenvalue weighted by atomic mass is 10.1. The molecule has 19 heavy (non-hydrogen) atoms. The number of ether oxygens (including phenoxy) is 1. The first-order chi connectivity index (χ1) is 9.20. The molecule has 0 amide bonds. The van der Waals surface area contributed by atoms with E-state index in [4.69, 9.17) is 4.74 Å².